The molecule has 0 N–H and O–H groups in total. The zero-order chi connectivity index (χ0) is 12.5. The minimum absolute atomic E-state index is 0.119. The molecule has 4 nitrogen and oxygen atoms in total. The molecule has 0 saturated carbocycles. The third-order valence-corrected chi connectivity index (χ3v) is 3.99. The van der Waals surface area contributed by atoms with E-state index in [1.807, 2.05) is 27.7 Å². The fraction of sp³-hybridized carbons (Fsp3) is 0.818. The van der Waals surface area contributed by atoms with Gasteiger partial charge in [-0.2, -0.15) is 0 Å². The summed E-state index contributed by atoms with van der Waals surface area (Å²) in [6.07, 6.45) is -0.793. The number of ether oxygens (including phenoxy) is 2. The molecule has 2 atom stereocenters. The lowest BCUT2D eigenvalue weighted by atomic mass is 9.90. The van der Waals surface area contributed by atoms with Crippen LogP contribution in [-0.2, 0) is 19.1 Å². The van der Waals surface area contributed by atoms with Crippen molar-refractivity contribution in [3.05, 3.63) is 0 Å². The fourth-order valence-corrected chi connectivity index (χ4v) is 1.50. The Morgan fingerprint density at radius 1 is 1.56 bits per heavy atom. The molecule has 0 spiro atoms. The monoisotopic (exact) mass is 292 g/mol. The van der Waals surface area contributed by atoms with E-state index in [-0.39, 0.29) is 5.92 Å². The summed E-state index contributed by atoms with van der Waals surface area (Å²) >= 11 is 3.25. The predicted molar refractivity (Wildman–Crippen MR) is 62.2 cm³/mol. The third kappa shape index (κ3) is 2.75. The van der Waals surface area contributed by atoms with E-state index in [1.54, 1.807) is 0 Å². The van der Waals surface area contributed by atoms with Crippen LogP contribution in [0.1, 0.15) is 27.7 Å². The Hall–Kier alpha value is -0.580. The van der Waals surface area contributed by atoms with Crippen LogP contribution in [0.5, 0.6) is 0 Å². The van der Waals surface area contributed by atoms with Crippen molar-refractivity contribution >= 4 is 27.9 Å². The van der Waals surface area contributed by atoms with Crippen molar-refractivity contribution in [1.29, 1.82) is 0 Å². The summed E-state index contributed by atoms with van der Waals surface area (Å²) in [6, 6.07) is 0. The Bertz CT molecular complexity index is 298. The predicted octanol–water partition coefficient (Wildman–Crippen LogP) is 1.90. The molecule has 0 aromatic rings. The number of hydrogen-bond donors (Lipinski definition) is 0. The number of carbonyl (C=O) groups excluding carboxylic acids is 2. The summed E-state index contributed by atoms with van der Waals surface area (Å²) in [4.78, 5) is 22.7. The molecule has 1 aliphatic rings. The topological polar surface area (TPSA) is 52.6 Å². The molecule has 0 aromatic heterocycles. The Kier molecular flexibility index (Phi) is 3.99. The van der Waals surface area contributed by atoms with Gasteiger partial charge in [-0.05, 0) is 5.92 Å². The van der Waals surface area contributed by atoms with Crippen molar-refractivity contribution in [2.45, 2.75) is 38.6 Å². The van der Waals surface area contributed by atoms with Gasteiger partial charge in [-0.3, -0.25) is 4.79 Å². The highest BCUT2D eigenvalue weighted by Gasteiger charge is 2.47. The minimum Gasteiger partial charge on any atom is -0.462 e. The van der Waals surface area contributed by atoms with Gasteiger partial charge >= 0.3 is 11.9 Å². The van der Waals surface area contributed by atoms with Crippen molar-refractivity contribution in [2.24, 2.45) is 11.3 Å². The molecule has 1 fully saturated rings. The van der Waals surface area contributed by atoms with Crippen molar-refractivity contribution in [3.63, 3.8) is 0 Å². The highest BCUT2D eigenvalue weighted by molar-refractivity contribution is 9.10. The molecular weight excluding hydrogens is 276 g/mol. The average molecular weight is 293 g/mol. The van der Waals surface area contributed by atoms with Crippen LogP contribution < -0.4 is 0 Å². The number of alkyl halides is 1. The molecule has 1 heterocycles. The number of hydrogen-bond acceptors (Lipinski definition) is 4. The van der Waals surface area contributed by atoms with Crippen molar-refractivity contribution in [3.8, 4) is 0 Å². The van der Waals surface area contributed by atoms with E-state index < -0.39 is 28.3 Å². The number of carbonyl (C=O) groups is 2. The second-order valence-corrected chi connectivity index (χ2v) is 6.05. The van der Waals surface area contributed by atoms with Gasteiger partial charge in [-0.1, -0.05) is 43.6 Å². The number of esters is 2. The third-order valence-electron chi connectivity index (χ3n) is 2.55. The number of cyclic esters (lactones) is 1. The van der Waals surface area contributed by atoms with Crippen LogP contribution in [0.2, 0.25) is 0 Å². The van der Waals surface area contributed by atoms with Crippen molar-refractivity contribution < 1.29 is 19.1 Å². The zero-order valence-electron chi connectivity index (χ0n) is 9.95. The molecule has 1 rings (SSSR count). The van der Waals surface area contributed by atoms with E-state index in [1.165, 1.54) is 0 Å². The molecule has 0 aliphatic carbocycles. The molecule has 5 heteroatoms. The first-order chi connectivity index (χ1) is 7.25. The Morgan fingerprint density at radius 3 is 2.50 bits per heavy atom. The maximum atomic E-state index is 11.7. The van der Waals surface area contributed by atoms with Crippen molar-refractivity contribution in [1.82, 2.24) is 0 Å². The van der Waals surface area contributed by atoms with Crippen LogP contribution in [0.4, 0.5) is 0 Å². The van der Waals surface area contributed by atoms with E-state index in [2.05, 4.69) is 15.9 Å². The second kappa shape index (κ2) is 4.73. The van der Waals surface area contributed by atoms with E-state index in [0.717, 1.165) is 0 Å². The van der Waals surface area contributed by atoms with Crippen LogP contribution in [0.15, 0.2) is 0 Å². The molecule has 16 heavy (non-hydrogen) atoms. The SMILES string of the molecule is CC(C)[C@H](Br)C(=O)O[C@H]1C(=O)OCC1(C)C. The molecule has 1 saturated heterocycles. The molecule has 0 aromatic carbocycles. The zero-order valence-corrected chi connectivity index (χ0v) is 11.5. The Balaban J connectivity index is 2.67. The number of halogens is 1. The number of rotatable bonds is 3. The van der Waals surface area contributed by atoms with Crippen LogP contribution in [0, 0.1) is 11.3 Å². The summed E-state index contributed by atoms with van der Waals surface area (Å²) in [5.41, 5.74) is -0.448. The standard InChI is InChI=1S/C11H17BrO4/c1-6(2)7(12)9(13)16-8-10(14)15-5-11(8,3)4/h6-8H,5H2,1-4H3/t7-,8-/m0/s1. The average Bonchev–Trinajstić information content (AvgIpc) is 2.43. The van der Waals surface area contributed by atoms with E-state index >= 15 is 0 Å². The maximum Gasteiger partial charge on any atom is 0.348 e. The summed E-state index contributed by atoms with van der Waals surface area (Å²) in [7, 11) is 0. The van der Waals surface area contributed by atoms with Gasteiger partial charge in [0.1, 0.15) is 11.4 Å². The summed E-state index contributed by atoms with van der Waals surface area (Å²) < 4.78 is 10.1. The first-order valence-electron chi connectivity index (χ1n) is 5.27. The summed E-state index contributed by atoms with van der Waals surface area (Å²) in [5, 5.41) is 0. The molecule has 0 radical (unpaired) electrons. The van der Waals surface area contributed by atoms with E-state index in [0.29, 0.717) is 6.61 Å². The summed E-state index contributed by atoms with van der Waals surface area (Å²) in [6.45, 7) is 7.78. The normalized spacial score (nSPS) is 25.4. The first-order valence-corrected chi connectivity index (χ1v) is 6.18. The minimum atomic E-state index is -0.793. The van der Waals surface area contributed by atoms with Gasteiger partial charge in [-0.15, -0.1) is 0 Å². The Morgan fingerprint density at radius 2 is 2.12 bits per heavy atom. The molecule has 92 valence electrons. The Labute approximate surface area is 104 Å². The van der Waals surface area contributed by atoms with E-state index in [4.69, 9.17) is 9.47 Å². The largest absolute Gasteiger partial charge is 0.462 e. The van der Waals surface area contributed by atoms with Gasteiger partial charge in [0, 0.05) is 5.41 Å². The fourth-order valence-electron chi connectivity index (χ4n) is 1.39. The molecule has 0 bridgehead atoms. The lowest BCUT2D eigenvalue weighted by molar-refractivity contribution is -0.163. The highest BCUT2D eigenvalue weighted by atomic mass is 79.9. The van der Waals surface area contributed by atoms with Gasteiger partial charge in [0.05, 0.1) is 0 Å². The van der Waals surface area contributed by atoms with Crippen LogP contribution in [0.3, 0.4) is 0 Å². The molecule has 0 amide bonds. The van der Waals surface area contributed by atoms with Crippen LogP contribution in [0.25, 0.3) is 0 Å². The second-order valence-electron chi connectivity index (χ2n) is 5.06. The van der Waals surface area contributed by atoms with Gasteiger partial charge in [0.25, 0.3) is 0 Å². The quantitative estimate of drug-likeness (QED) is 0.589. The first kappa shape index (κ1) is 13.5. The van der Waals surface area contributed by atoms with Gasteiger partial charge in [-0.25, -0.2) is 4.79 Å². The van der Waals surface area contributed by atoms with Gasteiger partial charge in [0.2, 0.25) is 6.10 Å². The molecule has 0 unspecified atom stereocenters. The van der Waals surface area contributed by atoms with Gasteiger partial charge in [0.15, 0.2) is 0 Å². The smallest absolute Gasteiger partial charge is 0.348 e. The van der Waals surface area contributed by atoms with E-state index in [9.17, 15) is 9.59 Å². The van der Waals surface area contributed by atoms with Crippen LogP contribution >= 0.6 is 15.9 Å². The lowest BCUT2D eigenvalue weighted by Crippen LogP contribution is -2.38. The lowest BCUT2D eigenvalue weighted by Gasteiger charge is -2.23. The molecular formula is C11H17BrO4. The highest BCUT2D eigenvalue weighted by Crippen LogP contribution is 2.31. The van der Waals surface area contributed by atoms with Crippen LogP contribution in [-0.4, -0.2) is 29.5 Å². The summed E-state index contributed by atoms with van der Waals surface area (Å²) in [5.74, 6) is -0.748. The van der Waals surface area contributed by atoms with Crippen molar-refractivity contribution in [2.75, 3.05) is 6.61 Å². The van der Waals surface area contributed by atoms with Gasteiger partial charge < -0.3 is 9.47 Å². The molecule has 1 aliphatic heterocycles. The maximum absolute atomic E-state index is 11.7.